The van der Waals surface area contributed by atoms with Gasteiger partial charge in [-0.15, -0.1) is 10.2 Å². The molecule has 2 aliphatic carbocycles. The van der Waals surface area contributed by atoms with E-state index in [0.29, 0.717) is 50.0 Å². The van der Waals surface area contributed by atoms with Gasteiger partial charge in [0.1, 0.15) is 11.1 Å². The Kier molecular flexibility index (Phi) is 13.7. The fraction of sp³-hybridized carbons (Fsp3) is 0.345. The first-order valence-electron chi connectivity index (χ1n) is 26.9. The number of nitrogens with zero attached hydrogens (tertiary/aromatic N) is 12. The van der Waals surface area contributed by atoms with E-state index in [4.69, 9.17) is 38.5 Å². The van der Waals surface area contributed by atoms with Gasteiger partial charge in [-0.3, -0.25) is 28.9 Å². The van der Waals surface area contributed by atoms with Crippen molar-refractivity contribution < 1.29 is 27.9 Å². The summed E-state index contributed by atoms with van der Waals surface area (Å²) in [6.45, 7) is 7.37. The molecule has 8 aromatic rings. The lowest BCUT2D eigenvalue weighted by Crippen LogP contribution is -2.36. The molecule has 4 aromatic heterocycles. The maximum absolute atomic E-state index is 13.3. The van der Waals surface area contributed by atoms with E-state index >= 15 is 0 Å². The quantitative estimate of drug-likeness (QED) is 0.110. The van der Waals surface area contributed by atoms with E-state index in [0.717, 1.165) is 107 Å². The summed E-state index contributed by atoms with van der Waals surface area (Å²) in [7, 11) is 0. The minimum atomic E-state index is -0.864. The summed E-state index contributed by atoms with van der Waals surface area (Å²) in [5, 5.41) is 33.1. The van der Waals surface area contributed by atoms with Gasteiger partial charge in [0.2, 0.25) is 0 Å². The monoisotopic (exact) mass is 1050 g/mol. The smallest absolute Gasteiger partial charge is 0.317 e. The van der Waals surface area contributed by atoms with Crippen molar-refractivity contribution in [1.82, 2.24) is 40.0 Å². The summed E-state index contributed by atoms with van der Waals surface area (Å²) in [5.74, 6) is 3.57. The zero-order valence-corrected chi connectivity index (χ0v) is 43.0. The number of carbonyl (C=O) groups excluding carboxylic acids is 2. The molecular weight excluding hydrogens is 989 g/mol. The molecule has 0 amide bonds. The van der Waals surface area contributed by atoms with Crippen LogP contribution in [0, 0.1) is 11.8 Å². The van der Waals surface area contributed by atoms with Crippen molar-refractivity contribution in [2.24, 2.45) is 21.8 Å². The van der Waals surface area contributed by atoms with Gasteiger partial charge in [0.15, 0.2) is 35.5 Å². The molecule has 396 valence electrons. The fourth-order valence-electron chi connectivity index (χ4n) is 10.3. The number of rotatable bonds is 14. The molecule has 2 saturated carbocycles. The fourth-order valence-corrected chi connectivity index (χ4v) is 10.3. The van der Waals surface area contributed by atoms with Crippen LogP contribution in [0.2, 0.25) is 0 Å². The molecule has 8 heterocycles. The molecule has 0 radical (unpaired) electrons. The third kappa shape index (κ3) is 10.9. The van der Waals surface area contributed by atoms with E-state index in [1.54, 1.807) is 0 Å². The third-order valence-corrected chi connectivity index (χ3v) is 14.7. The Morgan fingerprint density at radius 1 is 0.474 bits per heavy atom. The molecule has 2 N–H and O–H groups in total. The topological polar surface area (TPSA) is 221 Å². The first-order chi connectivity index (χ1) is 38.4. The van der Waals surface area contributed by atoms with Crippen LogP contribution in [-0.4, -0.2) is 128 Å². The molecule has 4 aromatic carbocycles. The van der Waals surface area contributed by atoms with Gasteiger partial charge < -0.3 is 38.7 Å². The van der Waals surface area contributed by atoms with E-state index in [9.17, 15) is 9.59 Å². The highest BCUT2D eigenvalue weighted by molar-refractivity contribution is 6.17. The Morgan fingerprint density at radius 3 is 1.28 bits per heavy atom. The van der Waals surface area contributed by atoms with E-state index in [-0.39, 0.29) is 36.4 Å². The van der Waals surface area contributed by atoms with Gasteiger partial charge in [-0.25, -0.2) is 0 Å². The summed E-state index contributed by atoms with van der Waals surface area (Å²) in [5.41, 5.74) is 8.74. The van der Waals surface area contributed by atoms with Gasteiger partial charge in [0, 0.05) is 86.8 Å². The zero-order chi connectivity index (χ0) is 52.4. The van der Waals surface area contributed by atoms with E-state index in [1.807, 2.05) is 131 Å². The van der Waals surface area contributed by atoms with Crippen molar-refractivity contribution in [3.63, 3.8) is 0 Å². The van der Waals surface area contributed by atoms with Crippen LogP contribution < -0.4 is 20.4 Å². The number of benzene rings is 4. The maximum atomic E-state index is 13.3. The number of ether oxygens (including phenoxy) is 2. The number of anilines is 4. The van der Waals surface area contributed by atoms with Crippen molar-refractivity contribution in [2.75, 3.05) is 73.0 Å². The third-order valence-electron chi connectivity index (χ3n) is 14.7. The summed E-state index contributed by atoms with van der Waals surface area (Å²) >= 11 is 0. The van der Waals surface area contributed by atoms with Crippen LogP contribution in [0.15, 0.2) is 140 Å². The highest BCUT2D eigenvalue weighted by Gasteiger charge is 2.32. The molecule has 2 saturated heterocycles. The second kappa shape index (κ2) is 21.8. The standard InChI is InChI=1S/2C29H29N7O3/c2*37-24-16-21-8-4-5-9-22(21)25(20-6-2-1-3-7-20)30-26(24)31-29-33-32-28(39-29)23-18-36(17-19-10-11-19)34-27(23)35-12-14-38-15-13-35/h2*1-9,18-19,26H,10-17H2,(H,31,33)/t2*26-/m10/s1. The number of hydrogen-bond acceptors (Lipinski definition) is 18. The Labute approximate surface area is 449 Å². The summed E-state index contributed by atoms with van der Waals surface area (Å²) in [6, 6.07) is 35.9. The first kappa shape index (κ1) is 49.0. The first-order valence-corrected chi connectivity index (χ1v) is 26.9. The van der Waals surface area contributed by atoms with Crippen molar-refractivity contribution in [1.29, 1.82) is 0 Å². The normalized spacial score (nSPS) is 19.4. The average molecular weight is 1050 g/mol. The van der Waals surface area contributed by atoms with E-state index in [2.05, 4.69) is 40.8 Å². The predicted octanol–water partition coefficient (Wildman–Crippen LogP) is 7.16. The minimum absolute atomic E-state index is 0.0700. The predicted molar refractivity (Wildman–Crippen MR) is 292 cm³/mol. The summed E-state index contributed by atoms with van der Waals surface area (Å²) < 4.78 is 27.2. The van der Waals surface area contributed by atoms with Gasteiger partial charge in [-0.2, -0.15) is 10.2 Å². The number of aliphatic imine (C=N–C) groups is 2. The molecule has 20 nitrogen and oxygen atoms in total. The molecular formula is C58H58N14O6. The second-order valence-corrected chi connectivity index (χ2v) is 20.5. The highest BCUT2D eigenvalue weighted by Crippen LogP contribution is 2.37. The number of fused-ring (bicyclic) bond motifs is 2. The number of carbonyl (C=O) groups is 2. The Bertz CT molecular complexity index is 3260. The largest absolute Gasteiger partial charge is 0.403 e. The van der Waals surface area contributed by atoms with Gasteiger partial charge in [-0.1, -0.05) is 119 Å². The molecule has 78 heavy (non-hydrogen) atoms. The van der Waals surface area contributed by atoms with Gasteiger partial charge in [0.25, 0.3) is 11.8 Å². The van der Waals surface area contributed by atoms with Crippen LogP contribution in [-0.2, 0) is 45.0 Å². The molecule has 14 rings (SSSR count). The van der Waals surface area contributed by atoms with Crippen LogP contribution in [0.3, 0.4) is 0 Å². The number of Topliss-reactive ketones (excluding diaryl/α,β-unsaturated/α-hetero) is 2. The molecule has 6 aliphatic rings. The summed E-state index contributed by atoms with van der Waals surface area (Å²) in [4.78, 5) is 40.8. The highest BCUT2D eigenvalue weighted by atomic mass is 16.5. The number of nitrogens with one attached hydrogen (secondary N) is 2. The van der Waals surface area contributed by atoms with Crippen LogP contribution in [0.1, 0.15) is 59.1 Å². The molecule has 0 bridgehead atoms. The lowest BCUT2D eigenvalue weighted by atomic mass is 9.96. The minimum Gasteiger partial charge on any atom is -0.403 e. The second-order valence-electron chi connectivity index (χ2n) is 20.5. The van der Waals surface area contributed by atoms with Gasteiger partial charge in [-0.05, 0) is 48.6 Å². The van der Waals surface area contributed by atoms with Crippen LogP contribution in [0.5, 0.6) is 0 Å². The average Bonchev–Trinajstić information content (AvgIpc) is 4.33. The lowest BCUT2D eigenvalue weighted by molar-refractivity contribution is -0.119. The Hall–Kier alpha value is -8.62. The number of aromatic nitrogens is 8. The number of hydrogen-bond donors (Lipinski definition) is 2. The van der Waals surface area contributed by atoms with Gasteiger partial charge in [0.05, 0.1) is 37.9 Å². The van der Waals surface area contributed by atoms with Crippen molar-refractivity contribution in [3.05, 3.63) is 155 Å². The van der Waals surface area contributed by atoms with Crippen LogP contribution in [0.4, 0.5) is 23.7 Å². The van der Waals surface area contributed by atoms with E-state index in [1.165, 1.54) is 25.7 Å². The Balaban J connectivity index is 0.000000148. The number of morpholine rings is 2. The molecule has 4 fully saturated rings. The zero-order valence-electron chi connectivity index (χ0n) is 43.0. The van der Waals surface area contributed by atoms with Crippen LogP contribution >= 0.6 is 0 Å². The number of ketones is 2. The molecule has 20 heteroatoms. The molecule has 2 atom stereocenters. The van der Waals surface area contributed by atoms with Crippen molar-refractivity contribution in [2.45, 2.75) is 63.9 Å². The van der Waals surface area contributed by atoms with Crippen molar-refractivity contribution >= 4 is 46.7 Å². The molecule has 0 unspecified atom stereocenters. The van der Waals surface area contributed by atoms with Crippen LogP contribution in [0.25, 0.3) is 22.9 Å². The summed E-state index contributed by atoms with van der Waals surface area (Å²) in [6.07, 6.45) is 7.70. The van der Waals surface area contributed by atoms with E-state index < -0.39 is 12.3 Å². The lowest BCUT2D eigenvalue weighted by Gasteiger charge is -2.27. The maximum Gasteiger partial charge on any atom is 0.317 e. The molecule has 0 spiro atoms. The molecule has 4 aliphatic heterocycles. The Morgan fingerprint density at radius 2 is 0.872 bits per heavy atom. The van der Waals surface area contributed by atoms with Gasteiger partial charge >= 0.3 is 12.0 Å². The van der Waals surface area contributed by atoms with Crippen molar-refractivity contribution in [3.8, 4) is 22.9 Å². The SMILES string of the molecule is O=C1Cc2ccccc2C(c2ccccc2)=N[C@@H]1Nc1nnc(-c2cn(CC3CC3)nc2N2CCOCC2)o1.O=C1Cc2ccccc2C(c2ccccc2)=N[C@H]1Nc1nnc(-c2cn(CC3CC3)nc2N2CCOCC2)o1.